The molecular weight excluding hydrogens is 304 g/mol. The summed E-state index contributed by atoms with van der Waals surface area (Å²) in [6.45, 7) is 4.09. The minimum Gasteiger partial charge on any atom is -0.377 e. The van der Waals surface area contributed by atoms with E-state index in [2.05, 4.69) is 39.3 Å². The molecule has 0 amide bonds. The molecule has 98 valence electrons. The second-order valence-electron chi connectivity index (χ2n) is 4.52. The van der Waals surface area contributed by atoms with E-state index in [0.29, 0.717) is 5.56 Å². The molecule has 0 aliphatic carbocycles. The monoisotopic (exact) mass is 318 g/mol. The summed E-state index contributed by atoms with van der Waals surface area (Å²) in [7, 11) is 1.92. The van der Waals surface area contributed by atoms with Crippen molar-refractivity contribution >= 4 is 21.6 Å². The summed E-state index contributed by atoms with van der Waals surface area (Å²) in [4.78, 5) is 0. The average Bonchev–Trinajstić information content (AvgIpc) is 2.71. The van der Waals surface area contributed by atoms with Crippen LogP contribution in [0.5, 0.6) is 0 Å². The second-order valence-corrected chi connectivity index (χ2v) is 5.37. The normalized spacial score (nSPS) is 11.9. The molecular formula is C14H15BrN4. The molecule has 1 heterocycles. The molecule has 1 aromatic carbocycles. The summed E-state index contributed by atoms with van der Waals surface area (Å²) in [5.74, 6) is 0. The molecule has 1 N–H and O–H groups in total. The molecule has 0 radical (unpaired) electrons. The minimum atomic E-state index is 0.151. The van der Waals surface area contributed by atoms with Crippen LogP contribution in [-0.2, 0) is 7.05 Å². The van der Waals surface area contributed by atoms with Crippen LogP contribution in [0.15, 0.2) is 28.9 Å². The van der Waals surface area contributed by atoms with Crippen molar-refractivity contribution in [1.82, 2.24) is 9.78 Å². The van der Waals surface area contributed by atoms with E-state index in [1.807, 2.05) is 37.0 Å². The maximum Gasteiger partial charge on any atom is 0.0992 e. The third kappa shape index (κ3) is 2.96. The number of halogens is 1. The van der Waals surface area contributed by atoms with Gasteiger partial charge in [-0.25, -0.2) is 0 Å². The van der Waals surface area contributed by atoms with Crippen LogP contribution in [0.3, 0.4) is 0 Å². The largest absolute Gasteiger partial charge is 0.377 e. The molecule has 2 rings (SSSR count). The molecule has 0 fully saturated rings. The van der Waals surface area contributed by atoms with Crippen LogP contribution < -0.4 is 5.32 Å². The lowest BCUT2D eigenvalue weighted by Crippen LogP contribution is -2.07. The van der Waals surface area contributed by atoms with Crippen LogP contribution in [-0.4, -0.2) is 9.78 Å². The fourth-order valence-corrected chi connectivity index (χ4v) is 2.55. The van der Waals surface area contributed by atoms with Crippen LogP contribution in [0.2, 0.25) is 0 Å². The van der Waals surface area contributed by atoms with Gasteiger partial charge in [0.1, 0.15) is 0 Å². The molecule has 19 heavy (non-hydrogen) atoms. The third-order valence-corrected chi connectivity index (χ3v) is 3.64. The van der Waals surface area contributed by atoms with Crippen LogP contribution in [0.4, 0.5) is 5.69 Å². The van der Waals surface area contributed by atoms with Crippen molar-refractivity contribution in [3.05, 3.63) is 45.7 Å². The lowest BCUT2D eigenvalue weighted by molar-refractivity contribution is 0.756. The van der Waals surface area contributed by atoms with Gasteiger partial charge < -0.3 is 5.32 Å². The van der Waals surface area contributed by atoms with Crippen molar-refractivity contribution in [3.63, 3.8) is 0 Å². The maximum atomic E-state index is 8.85. The molecule has 0 saturated heterocycles. The highest BCUT2D eigenvalue weighted by molar-refractivity contribution is 9.10. The van der Waals surface area contributed by atoms with Crippen LogP contribution in [0.25, 0.3) is 0 Å². The molecule has 0 spiro atoms. The van der Waals surface area contributed by atoms with E-state index in [-0.39, 0.29) is 6.04 Å². The maximum absolute atomic E-state index is 8.85. The van der Waals surface area contributed by atoms with Gasteiger partial charge in [-0.05, 0) is 48.0 Å². The molecule has 1 atom stereocenters. The summed E-state index contributed by atoms with van der Waals surface area (Å²) in [5, 5.41) is 16.6. The molecule has 1 unspecified atom stereocenters. The number of benzene rings is 1. The molecule has 4 nitrogen and oxygen atoms in total. The molecule has 5 heteroatoms. The highest BCUT2D eigenvalue weighted by Gasteiger charge is 2.12. The second kappa shape index (κ2) is 5.45. The van der Waals surface area contributed by atoms with Gasteiger partial charge in [0, 0.05) is 29.0 Å². The zero-order valence-corrected chi connectivity index (χ0v) is 12.7. The van der Waals surface area contributed by atoms with Crippen molar-refractivity contribution < 1.29 is 0 Å². The fourth-order valence-electron chi connectivity index (χ4n) is 2.06. The average molecular weight is 319 g/mol. The number of rotatable bonds is 3. The van der Waals surface area contributed by atoms with Gasteiger partial charge in [-0.3, -0.25) is 4.68 Å². The Labute approximate surface area is 121 Å². The first-order valence-corrected chi connectivity index (χ1v) is 6.77. The molecule has 0 saturated carbocycles. The summed E-state index contributed by atoms with van der Waals surface area (Å²) >= 11 is 3.48. The van der Waals surface area contributed by atoms with Crippen LogP contribution >= 0.6 is 15.9 Å². The number of anilines is 1. The molecule has 0 aliphatic heterocycles. The van der Waals surface area contributed by atoms with Crippen molar-refractivity contribution in [1.29, 1.82) is 5.26 Å². The first-order valence-electron chi connectivity index (χ1n) is 5.97. The Hall–Kier alpha value is -1.80. The van der Waals surface area contributed by atoms with Crippen LogP contribution in [0, 0.1) is 18.3 Å². The van der Waals surface area contributed by atoms with Gasteiger partial charge in [0.2, 0.25) is 0 Å². The SMILES string of the molecule is Cc1nn(C)cc1C(C)Nc1ccc(C#N)cc1Br. The van der Waals surface area contributed by atoms with Crippen molar-refractivity contribution in [2.45, 2.75) is 19.9 Å². The Morgan fingerprint density at radius 2 is 2.21 bits per heavy atom. The van der Waals surface area contributed by atoms with Gasteiger partial charge in [0.25, 0.3) is 0 Å². The Bertz CT molecular complexity index is 639. The van der Waals surface area contributed by atoms with E-state index in [1.54, 1.807) is 6.07 Å². The fraction of sp³-hybridized carbons (Fsp3) is 0.286. The Balaban J connectivity index is 2.22. The van der Waals surface area contributed by atoms with Gasteiger partial charge in [-0.15, -0.1) is 0 Å². The number of nitrogens with zero attached hydrogens (tertiary/aromatic N) is 3. The van der Waals surface area contributed by atoms with Gasteiger partial charge in [-0.2, -0.15) is 10.4 Å². The lowest BCUT2D eigenvalue weighted by atomic mass is 10.1. The molecule has 2 aromatic rings. The van der Waals surface area contributed by atoms with E-state index >= 15 is 0 Å². The molecule has 0 bridgehead atoms. The summed E-state index contributed by atoms with van der Waals surface area (Å²) < 4.78 is 2.70. The first-order chi connectivity index (χ1) is 9.01. The summed E-state index contributed by atoms with van der Waals surface area (Å²) in [6, 6.07) is 7.79. The quantitative estimate of drug-likeness (QED) is 0.941. The predicted octanol–water partition coefficient (Wildman–Crippen LogP) is 3.54. The van der Waals surface area contributed by atoms with Gasteiger partial charge >= 0.3 is 0 Å². The number of hydrogen-bond donors (Lipinski definition) is 1. The highest BCUT2D eigenvalue weighted by Crippen LogP contribution is 2.28. The predicted molar refractivity (Wildman–Crippen MR) is 78.8 cm³/mol. The molecule has 0 aliphatic rings. The summed E-state index contributed by atoms with van der Waals surface area (Å²) in [6.07, 6.45) is 2.02. The smallest absolute Gasteiger partial charge is 0.0992 e. The highest BCUT2D eigenvalue weighted by atomic mass is 79.9. The van der Waals surface area contributed by atoms with Crippen molar-refractivity contribution in [3.8, 4) is 6.07 Å². The number of aryl methyl sites for hydroxylation is 2. The number of nitriles is 1. The Morgan fingerprint density at radius 3 is 2.74 bits per heavy atom. The topological polar surface area (TPSA) is 53.6 Å². The summed E-state index contributed by atoms with van der Waals surface area (Å²) in [5.41, 5.74) is 3.79. The lowest BCUT2D eigenvalue weighted by Gasteiger charge is -2.16. The van der Waals surface area contributed by atoms with Gasteiger partial charge in [-0.1, -0.05) is 0 Å². The standard InChI is InChI=1S/C14H15BrN4/c1-9(12-8-19(3)18-10(12)2)17-14-5-4-11(7-16)6-13(14)15/h4-6,8-9,17H,1-3H3. The van der Waals surface area contributed by atoms with Crippen molar-refractivity contribution in [2.75, 3.05) is 5.32 Å². The van der Waals surface area contributed by atoms with E-state index < -0.39 is 0 Å². The van der Waals surface area contributed by atoms with Gasteiger partial charge in [0.05, 0.1) is 23.4 Å². The number of hydrogen-bond acceptors (Lipinski definition) is 3. The van der Waals surface area contributed by atoms with Gasteiger partial charge in [0.15, 0.2) is 0 Å². The number of aromatic nitrogens is 2. The first kappa shape index (κ1) is 13.6. The van der Waals surface area contributed by atoms with E-state index in [9.17, 15) is 0 Å². The van der Waals surface area contributed by atoms with E-state index in [1.165, 1.54) is 5.56 Å². The van der Waals surface area contributed by atoms with E-state index in [4.69, 9.17) is 5.26 Å². The molecule has 1 aromatic heterocycles. The van der Waals surface area contributed by atoms with Crippen molar-refractivity contribution in [2.24, 2.45) is 7.05 Å². The number of nitrogens with one attached hydrogen (secondary N) is 1. The zero-order valence-electron chi connectivity index (χ0n) is 11.1. The third-order valence-electron chi connectivity index (χ3n) is 2.99. The van der Waals surface area contributed by atoms with E-state index in [0.717, 1.165) is 15.9 Å². The Kier molecular flexibility index (Phi) is 3.91. The van der Waals surface area contributed by atoms with Crippen LogP contribution in [0.1, 0.15) is 29.8 Å². The zero-order chi connectivity index (χ0) is 14.0. The minimum absolute atomic E-state index is 0.151. The Morgan fingerprint density at radius 1 is 1.47 bits per heavy atom.